The Labute approximate surface area is 119 Å². The summed E-state index contributed by atoms with van der Waals surface area (Å²) in [5.74, 6) is 0.718. The number of carbonyl (C=O) groups excluding carboxylic acids is 1. The summed E-state index contributed by atoms with van der Waals surface area (Å²) in [7, 11) is 0. The third-order valence-electron chi connectivity index (χ3n) is 3.82. The molecule has 0 unspecified atom stereocenters. The molecule has 104 valence electrons. The minimum absolute atomic E-state index is 0.00725. The van der Waals surface area contributed by atoms with Crippen LogP contribution in [0.1, 0.15) is 32.6 Å². The number of hydrogen-bond donors (Lipinski definition) is 2. The van der Waals surface area contributed by atoms with E-state index in [1.165, 1.54) is 25.7 Å². The molecule has 1 aliphatic rings. The third kappa shape index (κ3) is 4.51. The molecular weight excluding hydrogens is 260 g/mol. The number of anilines is 1. The SMILES string of the molecule is C[C@@H](NCC(=O)Nc1ccc(Cl)cc1)C1CCCC1. The largest absolute Gasteiger partial charge is 0.325 e. The summed E-state index contributed by atoms with van der Waals surface area (Å²) in [4.78, 5) is 11.8. The monoisotopic (exact) mass is 280 g/mol. The predicted molar refractivity (Wildman–Crippen MR) is 79.5 cm³/mol. The van der Waals surface area contributed by atoms with E-state index in [2.05, 4.69) is 17.6 Å². The number of benzene rings is 1. The topological polar surface area (TPSA) is 41.1 Å². The Morgan fingerprint density at radius 1 is 1.32 bits per heavy atom. The van der Waals surface area contributed by atoms with Crippen LogP contribution in [0.25, 0.3) is 0 Å². The van der Waals surface area contributed by atoms with Crippen LogP contribution in [-0.4, -0.2) is 18.5 Å². The van der Waals surface area contributed by atoms with Gasteiger partial charge in [0.1, 0.15) is 0 Å². The van der Waals surface area contributed by atoms with Crippen LogP contribution in [0.4, 0.5) is 5.69 Å². The summed E-state index contributed by atoms with van der Waals surface area (Å²) in [5, 5.41) is 6.85. The van der Waals surface area contributed by atoms with Gasteiger partial charge in [-0.2, -0.15) is 0 Å². The predicted octanol–water partition coefficient (Wildman–Crippen LogP) is 3.45. The van der Waals surface area contributed by atoms with E-state index in [1.54, 1.807) is 24.3 Å². The minimum Gasteiger partial charge on any atom is -0.325 e. The lowest BCUT2D eigenvalue weighted by Gasteiger charge is -2.20. The van der Waals surface area contributed by atoms with E-state index in [0.29, 0.717) is 17.6 Å². The Balaban J connectivity index is 1.73. The first kappa shape index (κ1) is 14.4. The summed E-state index contributed by atoms with van der Waals surface area (Å²) >= 11 is 5.80. The van der Waals surface area contributed by atoms with Crippen LogP contribution in [0.3, 0.4) is 0 Å². The number of rotatable bonds is 5. The molecule has 1 fully saturated rings. The van der Waals surface area contributed by atoms with Gasteiger partial charge in [0.25, 0.3) is 0 Å². The van der Waals surface area contributed by atoms with Gasteiger partial charge >= 0.3 is 0 Å². The molecule has 0 aromatic heterocycles. The second-order valence-electron chi connectivity index (χ2n) is 5.27. The zero-order chi connectivity index (χ0) is 13.7. The molecule has 4 heteroatoms. The zero-order valence-corrected chi connectivity index (χ0v) is 12.0. The Morgan fingerprint density at radius 2 is 1.95 bits per heavy atom. The average Bonchev–Trinajstić information content (AvgIpc) is 2.93. The van der Waals surface area contributed by atoms with E-state index in [-0.39, 0.29) is 5.91 Å². The molecule has 1 aromatic carbocycles. The normalized spacial score (nSPS) is 17.4. The van der Waals surface area contributed by atoms with Gasteiger partial charge < -0.3 is 10.6 Å². The summed E-state index contributed by atoms with van der Waals surface area (Å²) in [6.45, 7) is 2.53. The average molecular weight is 281 g/mol. The molecule has 1 aliphatic carbocycles. The maximum absolute atomic E-state index is 11.8. The van der Waals surface area contributed by atoms with Gasteiger partial charge in [0, 0.05) is 16.8 Å². The lowest BCUT2D eigenvalue weighted by molar-refractivity contribution is -0.115. The van der Waals surface area contributed by atoms with Crippen LogP contribution in [0.5, 0.6) is 0 Å². The molecule has 1 atom stereocenters. The number of nitrogens with one attached hydrogen (secondary N) is 2. The van der Waals surface area contributed by atoms with Crippen molar-refractivity contribution in [1.82, 2.24) is 5.32 Å². The van der Waals surface area contributed by atoms with Crippen molar-refractivity contribution in [1.29, 1.82) is 0 Å². The van der Waals surface area contributed by atoms with Crippen LogP contribution in [0, 0.1) is 5.92 Å². The van der Waals surface area contributed by atoms with E-state index in [9.17, 15) is 4.79 Å². The first-order valence-corrected chi connectivity index (χ1v) is 7.32. The molecule has 0 spiro atoms. The molecule has 0 heterocycles. The van der Waals surface area contributed by atoms with Gasteiger partial charge in [-0.1, -0.05) is 24.4 Å². The highest BCUT2D eigenvalue weighted by molar-refractivity contribution is 6.30. The van der Waals surface area contributed by atoms with Gasteiger partial charge in [-0.25, -0.2) is 0 Å². The van der Waals surface area contributed by atoms with Gasteiger partial charge in [0.15, 0.2) is 0 Å². The summed E-state index contributed by atoms with van der Waals surface area (Å²) < 4.78 is 0. The fourth-order valence-electron chi connectivity index (χ4n) is 2.62. The van der Waals surface area contributed by atoms with Crippen molar-refractivity contribution in [2.45, 2.75) is 38.6 Å². The smallest absolute Gasteiger partial charge is 0.238 e. The first-order chi connectivity index (χ1) is 9.15. The second-order valence-corrected chi connectivity index (χ2v) is 5.71. The lowest BCUT2D eigenvalue weighted by Crippen LogP contribution is -2.38. The van der Waals surface area contributed by atoms with Crippen molar-refractivity contribution < 1.29 is 4.79 Å². The van der Waals surface area contributed by atoms with Crippen molar-refractivity contribution >= 4 is 23.2 Å². The fourth-order valence-corrected chi connectivity index (χ4v) is 2.74. The number of amides is 1. The molecule has 1 amide bonds. The third-order valence-corrected chi connectivity index (χ3v) is 4.07. The molecular formula is C15H21ClN2O. The molecule has 19 heavy (non-hydrogen) atoms. The number of carbonyl (C=O) groups is 1. The van der Waals surface area contributed by atoms with Crippen LogP contribution in [-0.2, 0) is 4.79 Å². The number of hydrogen-bond acceptors (Lipinski definition) is 2. The fraction of sp³-hybridized carbons (Fsp3) is 0.533. The molecule has 0 radical (unpaired) electrons. The van der Waals surface area contributed by atoms with Gasteiger partial charge in [-0.15, -0.1) is 0 Å². The minimum atomic E-state index is -0.00725. The highest BCUT2D eigenvalue weighted by Gasteiger charge is 2.21. The zero-order valence-electron chi connectivity index (χ0n) is 11.3. The van der Waals surface area contributed by atoms with Crippen molar-refractivity contribution in [3.63, 3.8) is 0 Å². The standard InChI is InChI=1S/C15H21ClN2O/c1-11(12-4-2-3-5-12)17-10-15(19)18-14-8-6-13(16)7-9-14/h6-9,11-12,17H,2-5,10H2,1H3,(H,18,19)/t11-/m1/s1. The summed E-state index contributed by atoms with van der Waals surface area (Å²) in [5.41, 5.74) is 0.782. The Hall–Kier alpha value is -1.06. The van der Waals surface area contributed by atoms with Gasteiger partial charge in [0.2, 0.25) is 5.91 Å². The number of halogens is 1. The Kier molecular flexibility index (Phi) is 5.23. The van der Waals surface area contributed by atoms with E-state index in [0.717, 1.165) is 11.6 Å². The maximum atomic E-state index is 11.8. The van der Waals surface area contributed by atoms with Crippen molar-refractivity contribution in [2.75, 3.05) is 11.9 Å². The molecule has 2 N–H and O–H groups in total. The maximum Gasteiger partial charge on any atom is 0.238 e. The first-order valence-electron chi connectivity index (χ1n) is 6.94. The lowest BCUT2D eigenvalue weighted by atomic mass is 10.00. The Bertz CT molecular complexity index is 413. The molecule has 0 bridgehead atoms. The molecule has 0 saturated heterocycles. The molecule has 1 saturated carbocycles. The highest BCUT2D eigenvalue weighted by atomic mass is 35.5. The van der Waals surface area contributed by atoms with E-state index in [4.69, 9.17) is 11.6 Å². The van der Waals surface area contributed by atoms with Crippen LogP contribution in [0.2, 0.25) is 5.02 Å². The molecule has 2 rings (SSSR count). The van der Waals surface area contributed by atoms with E-state index < -0.39 is 0 Å². The molecule has 1 aromatic rings. The van der Waals surface area contributed by atoms with Crippen molar-refractivity contribution in [2.24, 2.45) is 5.92 Å². The summed E-state index contributed by atoms with van der Waals surface area (Å²) in [6, 6.07) is 7.57. The summed E-state index contributed by atoms with van der Waals surface area (Å²) in [6.07, 6.45) is 5.22. The second kappa shape index (κ2) is 6.92. The van der Waals surface area contributed by atoms with Crippen molar-refractivity contribution in [3.05, 3.63) is 29.3 Å². The van der Waals surface area contributed by atoms with Crippen molar-refractivity contribution in [3.8, 4) is 0 Å². The van der Waals surface area contributed by atoms with Crippen LogP contribution in [0.15, 0.2) is 24.3 Å². The van der Waals surface area contributed by atoms with Gasteiger partial charge in [-0.3, -0.25) is 4.79 Å². The molecule has 3 nitrogen and oxygen atoms in total. The van der Waals surface area contributed by atoms with Crippen LogP contribution >= 0.6 is 11.6 Å². The van der Waals surface area contributed by atoms with Gasteiger partial charge in [-0.05, 0) is 49.9 Å². The van der Waals surface area contributed by atoms with E-state index in [1.807, 2.05) is 0 Å². The van der Waals surface area contributed by atoms with Crippen LogP contribution < -0.4 is 10.6 Å². The highest BCUT2D eigenvalue weighted by Crippen LogP contribution is 2.27. The Morgan fingerprint density at radius 3 is 2.58 bits per heavy atom. The quantitative estimate of drug-likeness (QED) is 0.867. The van der Waals surface area contributed by atoms with Gasteiger partial charge in [0.05, 0.1) is 6.54 Å². The van der Waals surface area contributed by atoms with E-state index >= 15 is 0 Å². The molecule has 0 aliphatic heterocycles.